The van der Waals surface area contributed by atoms with Gasteiger partial charge in [-0.3, -0.25) is 9.59 Å². The van der Waals surface area contributed by atoms with Crippen LogP contribution in [0.4, 0.5) is 0 Å². The van der Waals surface area contributed by atoms with Crippen molar-refractivity contribution >= 4 is 11.7 Å². The van der Waals surface area contributed by atoms with Gasteiger partial charge in [0.2, 0.25) is 12.7 Å². The lowest BCUT2D eigenvalue weighted by Crippen LogP contribution is -2.30. The van der Waals surface area contributed by atoms with Crippen molar-refractivity contribution in [2.45, 2.75) is 20.8 Å². The highest BCUT2D eigenvalue weighted by atomic mass is 16.7. The summed E-state index contributed by atoms with van der Waals surface area (Å²) in [6.07, 6.45) is 0. The van der Waals surface area contributed by atoms with Crippen molar-refractivity contribution in [3.05, 3.63) is 23.8 Å². The van der Waals surface area contributed by atoms with Gasteiger partial charge in [-0.1, -0.05) is 13.8 Å². The number of rotatable bonds is 3. The third-order valence-electron chi connectivity index (χ3n) is 2.61. The van der Waals surface area contributed by atoms with Crippen molar-refractivity contribution < 1.29 is 19.1 Å². The maximum atomic E-state index is 11.9. The van der Waals surface area contributed by atoms with Crippen LogP contribution in [0.15, 0.2) is 18.2 Å². The van der Waals surface area contributed by atoms with Crippen LogP contribution in [0.1, 0.15) is 31.1 Å². The van der Waals surface area contributed by atoms with Crippen LogP contribution in [0.2, 0.25) is 0 Å². The average molecular weight is 265 g/mol. The molecule has 0 bridgehead atoms. The summed E-state index contributed by atoms with van der Waals surface area (Å²) in [4.78, 5) is 24.3. The van der Waals surface area contributed by atoms with Gasteiger partial charge in [-0.15, -0.1) is 0 Å². The Morgan fingerprint density at radius 3 is 2.47 bits per heavy atom. The molecule has 19 heavy (non-hydrogen) atoms. The first-order valence-corrected chi connectivity index (χ1v) is 6.22. The van der Waals surface area contributed by atoms with Crippen LogP contribution in [-0.2, 0) is 4.79 Å². The van der Waals surface area contributed by atoms with Crippen LogP contribution in [0.5, 0.6) is 11.5 Å². The van der Waals surface area contributed by atoms with Crippen LogP contribution in [-0.4, -0.2) is 37.0 Å². The quantitative estimate of drug-likeness (QED) is 0.785. The molecule has 0 aromatic heterocycles. The predicted octanol–water partition coefficient (Wildman–Crippen LogP) is 2.10. The fraction of sp³-hybridized carbons (Fsp3) is 0.429. The molecule has 0 N–H and O–H groups in total. The summed E-state index contributed by atoms with van der Waals surface area (Å²) in [6, 6.07) is 5.01. The third-order valence-corrected chi connectivity index (χ3v) is 2.61. The Bertz CT molecular complexity index is 471. The molecule has 5 nitrogen and oxygen atoms in total. The van der Waals surface area contributed by atoms with Crippen molar-refractivity contribution in [2.75, 3.05) is 20.4 Å². The molecule has 0 unspecified atom stereocenters. The number of ether oxygens (including phenoxy) is 2. The first-order valence-electron chi connectivity index (χ1n) is 6.22. The first-order chi connectivity index (χ1) is 9.08. The maximum absolute atomic E-state index is 11.9. The van der Waals surface area contributed by atoms with E-state index in [1.165, 1.54) is 11.8 Å². The molecule has 1 aliphatic rings. The van der Waals surface area contributed by atoms with Crippen molar-refractivity contribution in [2.24, 2.45) is 0 Å². The monoisotopic (exact) mass is 265 g/mol. The largest absolute Gasteiger partial charge is 0.454 e. The number of fused-ring (bicyclic) bond motifs is 1. The number of benzene rings is 1. The Labute approximate surface area is 113 Å². The van der Waals surface area contributed by atoms with E-state index in [-0.39, 0.29) is 25.0 Å². The van der Waals surface area contributed by atoms with E-state index >= 15 is 0 Å². The maximum Gasteiger partial charge on any atom is 0.231 e. The highest BCUT2D eigenvalue weighted by molar-refractivity contribution is 5.99. The number of carbonyl (C=O) groups excluding carboxylic acids is 2. The fourth-order valence-electron chi connectivity index (χ4n) is 1.49. The van der Waals surface area contributed by atoms with Gasteiger partial charge in [0.1, 0.15) is 0 Å². The highest BCUT2D eigenvalue weighted by Crippen LogP contribution is 2.32. The number of hydrogen-bond donors (Lipinski definition) is 0. The van der Waals surface area contributed by atoms with Gasteiger partial charge >= 0.3 is 0 Å². The number of Topliss-reactive ketones (excluding diaryl/α,β-unsaturated/α-hetero) is 1. The molecule has 1 heterocycles. The van der Waals surface area contributed by atoms with Crippen LogP contribution in [0.25, 0.3) is 0 Å². The zero-order valence-corrected chi connectivity index (χ0v) is 11.7. The summed E-state index contributed by atoms with van der Waals surface area (Å²) in [6.45, 7) is 5.67. The zero-order chi connectivity index (χ0) is 14.4. The predicted molar refractivity (Wildman–Crippen MR) is 71.6 cm³/mol. The van der Waals surface area contributed by atoms with Gasteiger partial charge in [0.05, 0.1) is 6.54 Å². The van der Waals surface area contributed by atoms with Gasteiger partial charge in [0.15, 0.2) is 17.3 Å². The number of nitrogens with zero attached hydrogens (tertiary/aromatic N) is 1. The molecule has 1 amide bonds. The second kappa shape index (κ2) is 6.78. The lowest BCUT2D eigenvalue weighted by atomic mass is 10.1. The van der Waals surface area contributed by atoms with Gasteiger partial charge in [-0.25, -0.2) is 0 Å². The lowest BCUT2D eigenvalue weighted by Gasteiger charge is -2.13. The van der Waals surface area contributed by atoms with Crippen LogP contribution >= 0.6 is 0 Å². The summed E-state index contributed by atoms with van der Waals surface area (Å²) in [7, 11) is 1.59. The zero-order valence-electron chi connectivity index (χ0n) is 11.7. The Morgan fingerprint density at radius 1 is 1.21 bits per heavy atom. The Balaban J connectivity index is 0.000000861. The standard InChI is InChI=1S/C12H13NO4.C2H6/c1-8(14)13(2)6-10(15)9-3-4-11-12(5-9)17-7-16-11;1-2/h3-5H,6-7H2,1-2H3;1-2H3. The number of amides is 1. The molecule has 0 saturated carbocycles. The molecule has 0 saturated heterocycles. The van der Waals surface area contributed by atoms with Gasteiger partial charge in [0, 0.05) is 19.5 Å². The molecule has 1 aromatic carbocycles. The smallest absolute Gasteiger partial charge is 0.231 e. The van der Waals surface area contributed by atoms with Gasteiger partial charge in [-0.05, 0) is 18.2 Å². The molecule has 0 atom stereocenters. The van der Waals surface area contributed by atoms with Crippen LogP contribution in [0, 0.1) is 0 Å². The topological polar surface area (TPSA) is 55.8 Å². The van der Waals surface area contributed by atoms with E-state index in [9.17, 15) is 9.59 Å². The molecule has 0 radical (unpaired) electrons. The molecular formula is C14H19NO4. The minimum absolute atomic E-state index is 0.0645. The van der Waals surface area contributed by atoms with E-state index in [0.717, 1.165) is 0 Å². The van der Waals surface area contributed by atoms with E-state index in [0.29, 0.717) is 17.1 Å². The molecule has 5 heteroatoms. The van der Waals surface area contributed by atoms with E-state index in [2.05, 4.69) is 0 Å². The molecule has 1 aliphatic heterocycles. The molecule has 0 fully saturated rings. The van der Waals surface area contributed by atoms with E-state index in [4.69, 9.17) is 9.47 Å². The van der Waals surface area contributed by atoms with Crippen LogP contribution in [0.3, 0.4) is 0 Å². The number of hydrogen-bond acceptors (Lipinski definition) is 4. The molecule has 0 aliphatic carbocycles. The summed E-state index contributed by atoms with van der Waals surface area (Å²) in [5, 5.41) is 0. The molecule has 104 valence electrons. The van der Waals surface area contributed by atoms with Crippen molar-refractivity contribution in [1.82, 2.24) is 4.90 Å². The minimum atomic E-state index is -0.140. The number of carbonyl (C=O) groups is 2. The van der Waals surface area contributed by atoms with Crippen molar-refractivity contribution in [3.63, 3.8) is 0 Å². The number of ketones is 1. The molecule has 2 rings (SSSR count). The summed E-state index contributed by atoms with van der Waals surface area (Å²) in [5.41, 5.74) is 0.516. The number of likely N-dealkylation sites (N-methyl/N-ethyl adjacent to an activating group) is 1. The van der Waals surface area contributed by atoms with Gasteiger partial charge in [-0.2, -0.15) is 0 Å². The van der Waals surface area contributed by atoms with E-state index in [1.807, 2.05) is 13.8 Å². The Morgan fingerprint density at radius 2 is 1.84 bits per heavy atom. The van der Waals surface area contributed by atoms with Gasteiger partial charge in [0.25, 0.3) is 0 Å². The Hall–Kier alpha value is -2.04. The van der Waals surface area contributed by atoms with Crippen molar-refractivity contribution in [1.29, 1.82) is 0 Å². The first kappa shape index (κ1) is 15.0. The average Bonchev–Trinajstić information content (AvgIpc) is 2.87. The van der Waals surface area contributed by atoms with Gasteiger partial charge < -0.3 is 14.4 Å². The molecular weight excluding hydrogens is 246 g/mol. The third kappa shape index (κ3) is 3.71. The summed E-state index contributed by atoms with van der Waals surface area (Å²) < 4.78 is 10.3. The normalized spacial score (nSPS) is 11.4. The Kier molecular flexibility index (Phi) is 5.36. The lowest BCUT2D eigenvalue weighted by molar-refractivity contribution is -0.127. The van der Waals surface area contributed by atoms with E-state index in [1.54, 1.807) is 25.2 Å². The second-order valence-corrected chi connectivity index (χ2v) is 3.87. The van der Waals surface area contributed by atoms with Crippen LogP contribution < -0.4 is 9.47 Å². The molecule has 0 spiro atoms. The fourth-order valence-corrected chi connectivity index (χ4v) is 1.49. The van der Waals surface area contributed by atoms with Crippen molar-refractivity contribution in [3.8, 4) is 11.5 Å². The highest BCUT2D eigenvalue weighted by Gasteiger charge is 2.17. The summed E-state index contributed by atoms with van der Waals surface area (Å²) >= 11 is 0. The molecule has 1 aromatic rings. The van der Waals surface area contributed by atoms with E-state index < -0.39 is 0 Å². The summed E-state index contributed by atoms with van der Waals surface area (Å²) in [5.74, 6) is 0.947. The minimum Gasteiger partial charge on any atom is -0.454 e. The second-order valence-electron chi connectivity index (χ2n) is 3.87. The SMILES string of the molecule is CC.CC(=O)N(C)CC(=O)c1ccc2c(c1)OCO2.